The molecular weight excluding hydrogens is 288 g/mol. The number of nitrogens with zero attached hydrogens (tertiary/aromatic N) is 4. The number of hydrogen-bond acceptors (Lipinski definition) is 4. The minimum absolute atomic E-state index is 0.838. The van der Waals surface area contributed by atoms with Crippen molar-refractivity contribution in [3.63, 3.8) is 0 Å². The van der Waals surface area contributed by atoms with Gasteiger partial charge < -0.3 is 9.30 Å². The maximum absolute atomic E-state index is 5.59. The first kappa shape index (κ1) is 14.7. The van der Waals surface area contributed by atoms with Gasteiger partial charge in [0.25, 0.3) is 0 Å². The summed E-state index contributed by atoms with van der Waals surface area (Å²) in [5.74, 6) is 2.23. The summed E-state index contributed by atoms with van der Waals surface area (Å²) in [7, 11) is 2.07. The summed E-state index contributed by atoms with van der Waals surface area (Å²) in [6.07, 6.45) is 4.95. The highest BCUT2D eigenvalue weighted by atomic mass is 16.5. The molecule has 0 unspecified atom stereocenters. The van der Waals surface area contributed by atoms with E-state index in [0.717, 1.165) is 63.9 Å². The lowest BCUT2D eigenvalue weighted by molar-refractivity contribution is 0.119. The fourth-order valence-corrected chi connectivity index (χ4v) is 3.45. The Balaban J connectivity index is 1.30. The van der Waals surface area contributed by atoms with Crippen LogP contribution in [0.2, 0.25) is 0 Å². The Kier molecular flexibility index (Phi) is 4.06. The van der Waals surface area contributed by atoms with Crippen LogP contribution in [0.5, 0.6) is 5.75 Å². The quantitative estimate of drug-likeness (QED) is 0.860. The zero-order valence-corrected chi connectivity index (χ0v) is 13.7. The molecule has 0 atom stereocenters. The van der Waals surface area contributed by atoms with E-state index >= 15 is 0 Å². The van der Waals surface area contributed by atoms with E-state index < -0.39 is 0 Å². The van der Waals surface area contributed by atoms with E-state index in [1.807, 2.05) is 12.4 Å². The van der Waals surface area contributed by atoms with Crippen molar-refractivity contribution in [3.8, 4) is 5.75 Å². The van der Waals surface area contributed by atoms with Crippen LogP contribution in [0.4, 0.5) is 0 Å². The maximum atomic E-state index is 5.59. The number of rotatable bonds is 4. The number of aryl methyl sites for hydroxylation is 1. The van der Waals surface area contributed by atoms with Gasteiger partial charge in [-0.15, -0.1) is 0 Å². The number of benzene rings is 1. The fourth-order valence-electron chi connectivity index (χ4n) is 3.45. The summed E-state index contributed by atoms with van der Waals surface area (Å²) in [6, 6.07) is 6.67. The van der Waals surface area contributed by atoms with E-state index in [0.29, 0.717) is 0 Å². The summed E-state index contributed by atoms with van der Waals surface area (Å²) in [5, 5.41) is 0. The van der Waals surface area contributed by atoms with E-state index in [2.05, 4.69) is 44.6 Å². The van der Waals surface area contributed by atoms with Gasteiger partial charge in [0.2, 0.25) is 0 Å². The second-order valence-electron chi connectivity index (χ2n) is 6.55. The molecule has 0 N–H and O–H groups in total. The molecule has 23 heavy (non-hydrogen) atoms. The molecule has 1 aromatic heterocycles. The molecular formula is C18H24N4O. The van der Waals surface area contributed by atoms with Gasteiger partial charge in [-0.2, -0.15) is 0 Å². The van der Waals surface area contributed by atoms with E-state index in [-0.39, 0.29) is 0 Å². The normalized spacial score (nSPS) is 18.8. The van der Waals surface area contributed by atoms with Crippen LogP contribution in [0.1, 0.15) is 17.0 Å². The minimum atomic E-state index is 0.838. The van der Waals surface area contributed by atoms with Gasteiger partial charge >= 0.3 is 0 Å². The first-order valence-corrected chi connectivity index (χ1v) is 8.43. The second-order valence-corrected chi connectivity index (χ2v) is 6.55. The molecule has 1 saturated heterocycles. The van der Waals surface area contributed by atoms with Crippen molar-refractivity contribution in [1.29, 1.82) is 0 Å². The number of fused-ring (bicyclic) bond motifs is 1. The Bertz CT molecular complexity index is 673. The maximum Gasteiger partial charge on any atom is 0.122 e. The van der Waals surface area contributed by atoms with Crippen LogP contribution in [0, 0.1) is 0 Å². The lowest BCUT2D eigenvalue weighted by Gasteiger charge is -2.34. The van der Waals surface area contributed by atoms with Crippen LogP contribution >= 0.6 is 0 Å². The molecule has 0 amide bonds. The molecule has 0 bridgehead atoms. The summed E-state index contributed by atoms with van der Waals surface area (Å²) < 4.78 is 7.70. The first-order valence-electron chi connectivity index (χ1n) is 8.43. The molecule has 2 aliphatic heterocycles. The van der Waals surface area contributed by atoms with Gasteiger partial charge in [0.1, 0.15) is 11.6 Å². The summed E-state index contributed by atoms with van der Waals surface area (Å²) in [4.78, 5) is 9.47. The molecule has 0 spiro atoms. The van der Waals surface area contributed by atoms with Crippen LogP contribution in [0.15, 0.2) is 30.6 Å². The molecule has 5 heteroatoms. The van der Waals surface area contributed by atoms with Gasteiger partial charge in [-0.3, -0.25) is 9.80 Å². The highest BCUT2D eigenvalue weighted by Gasteiger charge is 2.19. The smallest absolute Gasteiger partial charge is 0.122 e. The van der Waals surface area contributed by atoms with Crippen molar-refractivity contribution in [2.75, 3.05) is 32.8 Å². The molecule has 5 nitrogen and oxygen atoms in total. The Hall–Kier alpha value is -1.85. The Morgan fingerprint density at radius 1 is 1.09 bits per heavy atom. The summed E-state index contributed by atoms with van der Waals surface area (Å²) in [6.45, 7) is 7.31. The average molecular weight is 312 g/mol. The van der Waals surface area contributed by atoms with Crippen molar-refractivity contribution in [2.24, 2.45) is 7.05 Å². The van der Waals surface area contributed by atoms with Crippen LogP contribution in [0.3, 0.4) is 0 Å². The SMILES string of the molecule is Cn1ccnc1CN1CCN(Cc2ccc3c(c2)CCO3)CC1. The van der Waals surface area contributed by atoms with Crippen molar-refractivity contribution in [1.82, 2.24) is 19.4 Å². The zero-order valence-electron chi connectivity index (χ0n) is 13.7. The summed E-state index contributed by atoms with van der Waals surface area (Å²) in [5.41, 5.74) is 2.78. The van der Waals surface area contributed by atoms with Gasteiger partial charge in [-0.1, -0.05) is 12.1 Å². The number of hydrogen-bond donors (Lipinski definition) is 0. The molecule has 4 rings (SSSR count). The molecule has 1 aromatic carbocycles. The molecule has 3 heterocycles. The molecule has 0 aliphatic carbocycles. The Morgan fingerprint density at radius 3 is 2.61 bits per heavy atom. The topological polar surface area (TPSA) is 33.5 Å². The van der Waals surface area contributed by atoms with Gasteiger partial charge in [0, 0.05) is 58.6 Å². The van der Waals surface area contributed by atoms with Gasteiger partial charge in [0.05, 0.1) is 13.2 Å². The number of imidazole rings is 1. The molecule has 1 fully saturated rings. The van der Waals surface area contributed by atoms with E-state index in [9.17, 15) is 0 Å². The zero-order chi connectivity index (χ0) is 15.6. The average Bonchev–Trinajstić information content (AvgIpc) is 3.18. The fraction of sp³-hybridized carbons (Fsp3) is 0.500. The third-order valence-corrected chi connectivity index (χ3v) is 4.91. The predicted molar refractivity (Wildman–Crippen MR) is 89.4 cm³/mol. The molecule has 122 valence electrons. The Labute approximate surface area is 137 Å². The third kappa shape index (κ3) is 3.26. The van der Waals surface area contributed by atoms with Crippen LogP contribution in [-0.2, 0) is 26.6 Å². The molecule has 0 saturated carbocycles. The van der Waals surface area contributed by atoms with E-state index in [4.69, 9.17) is 4.74 Å². The van der Waals surface area contributed by atoms with Crippen LogP contribution < -0.4 is 4.74 Å². The van der Waals surface area contributed by atoms with Crippen molar-refractivity contribution in [3.05, 3.63) is 47.5 Å². The highest BCUT2D eigenvalue weighted by Crippen LogP contribution is 2.26. The second kappa shape index (κ2) is 6.34. The molecule has 2 aromatic rings. The van der Waals surface area contributed by atoms with Gasteiger partial charge in [-0.05, 0) is 17.2 Å². The molecule has 2 aliphatic rings. The summed E-state index contributed by atoms with van der Waals surface area (Å²) >= 11 is 0. The lowest BCUT2D eigenvalue weighted by atomic mass is 10.1. The van der Waals surface area contributed by atoms with Gasteiger partial charge in [0.15, 0.2) is 0 Å². The number of aromatic nitrogens is 2. The predicted octanol–water partition coefficient (Wildman–Crippen LogP) is 1.67. The van der Waals surface area contributed by atoms with Crippen molar-refractivity contribution in [2.45, 2.75) is 19.5 Å². The van der Waals surface area contributed by atoms with Crippen LogP contribution in [-0.4, -0.2) is 52.1 Å². The van der Waals surface area contributed by atoms with E-state index in [1.54, 1.807) is 0 Å². The lowest BCUT2D eigenvalue weighted by Crippen LogP contribution is -2.45. The third-order valence-electron chi connectivity index (χ3n) is 4.91. The van der Waals surface area contributed by atoms with Crippen molar-refractivity contribution < 1.29 is 4.74 Å². The number of ether oxygens (including phenoxy) is 1. The molecule has 0 radical (unpaired) electrons. The van der Waals surface area contributed by atoms with Crippen molar-refractivity contribution >= 4 is 0 Å². The largest absolute Gasteiger partial charge is 0.493 e. The van der Waals surface area contributed by atoms with Gasteiger partial charge in [-0.25, -0.2) is 4.98 Å². The first-order chi connectivity index (χ1) is 11.3. The Morgan fingerprint density at radius 2 is 1.87 bits per heavy atom. The monoisotopic (exact) mass is 312 g/mol. The van der Waals surface area contributed by atoms with E-state index in [1.165, 1.54) is 11.1 Å². The minimum Gasteiger partial charge on any atom is -0.493 e. The highest BCUT2D eigenvalue weighted by molar-refractivity contribution is 5.39. The van der Waals surface area contributed by atoms with Crippen LogP contribution in [0.25, 0.3) is 0 Å². The number of piperazine rings is 1. The standard InChI is InChI=1S/C18H24N4O/c1-20-6-5-19-18(20)14-22-9-7-21(8-10-22)13-15-2-3-17-16(12-15)4-11-23-17/h2-3,5-6,12H,4,7-11,13-14H2,1H3.